The number of hydrogen-bond donors (Lipinski definition) is 0. The van der Waals surface area contributed by atoms with Crippen LogP contribution < -0.4 is 5.06 Å². The van der Waals surface area contributed by atoms with Crippen molar-refractivity contribution in [2.24, 2.45) is 0 Å². The molecule has 0 atom stereocenters. The summed E-state index contributed by atoms with van der Waals surface area (Å²) in [5.74, 6) is 0.720. The van der Waals surface area contributed by atoms with Crippen LogP contribution in [0.25, 0.3) is 0 Å². The highest BCUT2D eigenvalue weighted by Crippen LogP contribution is 2.18. The van der Waals surface area contributed by atoms with E-state index < -0.39 is 0 Å². The molecule has 2 aromatic heterocycles. The lowest BCUT2D eigenvalue weighted by molar-refractivity contribution is 0.0743. The van der Waals surface area contributed by atoms with Gasteiger partial charge in [-0.3, -0.25) is 9.82 Å². The van der Waals surface area contributed by atoms with E-state index in [4.69, 9.17) is 9.36 Å². The molecule has 0 N–H and O–H groups in total. The molecule has 0 saturated heterocycles. The summed E-state index contributed by atoms with van der Waals surface area (Å²) < 4.78 is 5.28. The molecule has 2 heterocycles. The molecule has 0 fully saturated rings. The van der Waals surface area contributed by atoms with Crippen LogP contribution in [0.2, 0.25) is 0 Å². The average molecular weight is 309 g/mol. The lowest BCUT2D eigenvalue weighted by Crippen LogP contribution is -2.22. The lowest BCUT2D eigenvalue weighted by atomic mass is 10.2. The number of para-hydroxylation sites is 1. The predicted molar refractivity (Wildman–Crippen MR) is 87.5 cm³/mol. The molecule has 0 aliphatic rings. The highest BCUT2D eigenvalue weighted by Gasteiger charge is 2.11. The van der Waals surface area contributed by atoms with Gasteiger partial charge in [-0.15, -0.1) is 0 Å². The Labute approximate surface area is 135 Å². The Bertz CT molecular complexity index is 713. The van der Waals surface area contributed by atoms with Crippen molar-refractivity contribution in [3.8, 4) is 0 Å². The van der Waals surface area contributed by atoms with E-state index in [0.717, 1.165) is 29.1 Å². The van der Waals surface area contributed by atoms with Gasteiger partial charge in [-0.25, -0.2) is 5.06 Å². The largest absolute Gasteiger partial charge is 0.359 e. The SMILES string of the molecule is CCc1cc(CON(Cc2ccncc2)c2ccccc2)on1. The normalized spacial score (nSPS) is 10.7. The minimum absolute atomic E-state index is 0.340. The van der Waals surface area contributed by atoms with Gasteiger partial charge in [0.25, 0.3) is 0 Å². The Hall–Kier alpha value is -2.66. The van der Waals surface area contributed by atoms with Crippen molar-refractivity contribution in [3.63, 3.8) is 0 Å². The molecule has 23 heavy (non-hydrogen) atoms. The van der Waals surface area contributed by atoms with Crippen molar-refractivity contribution >= 4 is 5.69 Å². The van der Waals surface area contributed by atoms with Gasteiger partial charge in [0.15, 0.2) is 5.76 Å². The van der Waals surface area contributed by atoms with Gasteiger partial charge in [-0.2, -0.15) is 0 Å². The molecule has 5 heteroatoms. The van der Waals surface area contributed by atoms with Crippen molar-refractivity contribution in [1.82, 2.24) is 10.1 Å². The number of hydroxylamine groups is 1. The maximum absolute atomic E-state index is 5.96. The van der Waals surface area contributed by atoms with E-state index in [1.807, 2.05) is 60.5 Å². The first-order valence-electron chi connectivity index (χ1n) is 7.64. The third-order valence-corrected chi connectivity index (χ3v) is 3.45. The molecular formula is C18H19N3O2. The fourth-order valence-corrected chi connectivity index (χ4v) is 2.19. The molecule has 3 rings (SSSR count). The number of aromatic nitrogens is 2. The van der Waals surface area contributed by atoms with Gasteiger partial charge < -0.3 is 4.52 Å². The molecule has 5 nitrogen and oxygen atoms in total. The van der Waals surface area contributed by atoms with Crippen LogP contribution in [0.1, 0.15) is 23.9 Å². The zero-order chi connectivity index (χ0) is 15.9. The third kappa shape index (κ3) is 4.17. The number of pyridine rings is 1. The van der Waals surface area contributed by atoms with E-state index in [0.29, 0.717) is 13.2 Å². The zero-order valence-corrected chi connectivity index (χ0v) is 13.1. The Balaban J connectivity index is 1.72. The Morgan fingerprint density at radius 3 is 2.57 bits per heavy atom. The number of nitrogens with zero attached hydrogens (tertiary/aromatic N) is 3. The molecule has 0 saturated carbocycles. The van der Waals surface area contributed by atoms with Crippen molar-refractivity contribution in [1.29, 1.82) is 0 Å². The molecule has 0 spiro atoms. The fraction of sp³-hybridized carbons (Fsp3) is 0.222. The van der Waals surface area contributed by atoms with Gasteiger partial charge in [-0.05, 0) is 36.2 Å². The van der Waals surface area contributed by atoms with E-state index in [-0.39, 0.29) is 0 Å². The summed E-state index contributed by atoms with van der Waals surface area (Å²) in [6.45, 7) is 3.01. The molecule has 118 valence electrons. The quantitative estimate of drug-likeness (QED) is 0.622. The van der Waals surface area contributed by atoms with E-state index in [1.54, 1.807) is 12.4 Å². The molecule has 0 amide bonds. The summed E-state index contributed by atoms with van der Waals surface area (Å²) in [5.41, 5.74) is 3.04. The van der Waals surface area contributed by atoms with Gasteiger partial charge in [0.1, 0.15) is 6.61 Å². The van der Waals surface area contributed by atoms with E-state index in [2.05, 4.69) is 10.1 Å². The maximum Gasteiger partial charge on any atom is 0.165 e. The number of anilines is 1. The Morgan fingerprint density at radius 1 is 1.09 bits per heavy atom. The molecule has 1 aromatic carbocycles. The number of hydrogen-bond acceptors (Lipinski definition) is 5. The van der Waals surface area contributed by atoms with E-state index in [9.17, 15) is 0 Å². The maximum atomic E-state index is 5.96. The summed E-state index contributed by atoms with van der Waals surface area (Å²) in [5, 5.41) is 5.84. The molecule has 0 aliphatic carbocycles. The fourth-order valence-electron chi connectivity index (χ4n) is 2.19. The first kappa shape index (κ1) is 15.2. The predicted octanol–water partition coefficient (Wildman–Crippen LogP) is 3.77. The van der Waals surface area contributed by atoms with Gasteiger partial charge >= 0.3 is 0 Å². The van der Waals surface area contributed by atoms with Crippen molar-refractivity contribution in [2.75, 3.05) is 5.06 Å². The highest BCUT2D eigenvalue weighted by molar-refractivity contribution is 5.44. The van der Waals surface area contributed by atoms with Crippen molar-refractivity contribution in [3.05, 3.63) is 77.9 Å². The summed E-state index contributed by atoms with van der Waals surface area (Å²) in [7, 11) is 0. The minimum atomic E-state index is 0.340. The molecule has 0 radical (unpaired) electrons. The topological polar surface area (TPSA) is 51.4 Å². The zero-order valence-electron chi connectivity index (χ0n) is 13.1. The average Bonchev–Trinajstić information content (AvgIpc) is 3.08. The van der Waals surface area contributed by atoms with Crippen LogP contribution in [0, 0.1) is 0 Å². The van der Waals surface area contributed by atoms with Crippen LogP contribution in [-0.4, -0.2) is 10.1 Å². The second kappa shape index (κ2) is 7.56. The van der Waals surface area contributed by atoms with Gasteiger partial charge in [-0.1, -0.05) is 30.3 Å². The molecular weight excluding hydrogens is 290 g/mol. The number of aryl methyl sites for hydroxylation is 1. The Kier molecular flexibility index (Phi) is 5.01. The van der Waals surface area contributed by atoms with Crippen LogP contribution in [0.5, 0.6) is 0 Å². The van der Waals surface area contributed by atoms with Crippen LogP contribution in [0.3, 0.4) is 0 Å². The van der Waals surface area contributed by atoms with Crippen molar-refractivity contribution < 1.29 is 9.36 Å². The first-order chi connectivity index (χ1) is 11.3. The summed E-state index contributed by atoms with van der Waals surface area (Å²) in [4.78, 5) is 10.0. The van der Waals surface area contributed by atoms with Crippen LogP contribution in [-0.2, 0) is 24.4 Å². The smallest absolute Gasteiger partial charge is 0.165 e. The first-order valence-corrected chi connectivity index (χ1v) is 7.64. The van der Waals surface area contributed by atoms with E-state index in [1.165, 1.54) is 0 Å². The van der Waals surface area contributed by atoms with Crippen LogP contribution >= 0.6 is 0 Å². The van der Waals surface area contributed by atoms with Crippen LogP contribution in [0.4, 0.5) is 5.69 Å². The molecule has 3 aromatic rings. The van der Waals surface area contributed by atoms with Crippen molar-refractivity contribution in [2.45, 2.75) is 26.5 Å². The minimum Gasteiger partial charge on any atom is -0.359 e. The standard InChI is InChI=1S/C18H19N3O2/c1-2-16-12-18(23-20-16)14-22-21(17-6-4-3-5-7-17)13-15-8-10-19-11-9-15/h3-12H,2,13-14H2,1H3. The lowest BCUT2D eigenvalue weighted by Gasteiger charge is -2.23. The van der Waals surface area contributed by atoms with Crippen LogP contribution in [0.15, 0.2) is 65.4 Å². The molecule has 0 unspecified atom stereocenters. The van der Waals surface area contributed by atoms with E-state index >= 15 is 0 Å². The Morgan fingerprint density at radius 2 is 1.87 bits per heavy atom. The highest BCUT2D eigenvalue weighted by atomic mass is 16.7. The summed E-state index contributed by atoms with van der Waals surface area (Å²) in [6.07, 6.45) is 4.41. The van der Waals surface area contributed by atoms with Gasteiger partial charge in [0, 0.05) is 18.5 Å². The second-order valence-electron chi connectivity index (χ2n) is 5.14. The molecule has 0 aliphatic heterocycles. The number of benzene rings is 1. The van der Waals surface area contributed by atoms with Gasteiger partial charge in [0.2, 0.25) is 0 Å². The second-order valence-corrected chi connectivity index (χ2v) is 5.14. The monoisotopic (exact) mass is 309 g/mol. The number of rotatable bonds is 7. The third-order valence-electron chi connectivity index (χ3n) is 3.45. The summed E-state index contributed by atoms with van der Waals surface area (Å²) in [6, 6.07) is 15.9. The van der Waals surface area contributed by atoms with Gasteiger partial charge in [0.05, 0.1) is 17.9 Å². The summed E-state index contributed by atoms with van der Waals surface area (Å²) >= 11 is 0. The molecule has 0 bridgehead atoms.